The largest absolute Gasteiger partial charge is 0.508 e. The highest BCUT2D eigenvalue weighted by Gasteiger charge is 2.42. The van der Waals surface area contributed by atoms with Crippen molar-refractivity contribution in [2.75, 3.05) is 6.54 Å². The van der Waals surface area contributed by atoms with Crippen LogP contribution in [0.2, 0.25) is 5.02 Å². The van der Waals surface area contributed by atoms with E-state index in [1.165, 1.54) is 30.3 Å². The van der Waals surface area contributed by atoms with Gasteiger partial charge < -0.3 is 27.0 Å². The van der Waals surface area contributed by atoms with Gasteiger partial charge in [-0.05, 0) is 35.9 Å². The lowest BCUT2D eigenvalue weighted by Crippen LogP contribution is -2.60. The first kappa shape index (κ1) is 20.4. The Bertz CT molecular complexity index is 902. The summed E-state index contributed by atoms with van der Waals surface area (Å²) in [6.07, 6.45) is 0. The molecule has 7 N–H and O–H groups in total. The van der Waals surface area contributed by atoms with Crippen molar-refractivity contribution in [3.63, 3.8) is 0 Å². The molecular formula is C18H18ClN3O5. The second-order valence-electron chi connectivity index (χ2n) is 5.86. The van der Waals surface area contributed by atoms with Crippen LogP contribution < -0.4 is 16.8 Å². The van der Waals surface area contributed by atoms with Crippen molar-refractivity contribution in [1.82, 2.24) is 5.32 Å². The van der Waals surface area contributed by atoms with Gasteiger partial charge in [0.05, 0.1) is 5.02 Å². The highest BCUT2D eigenvalue weighted by Crippen LogP contribution is 2.22. The Balaban J connectivity index is 2.17. The number of nitrogens with one attached hydrogen (secondary N) is 1. The molecule has 0 radical (unpaired) electrons. The summed E-state index contributed by atoms with van der Waals surface area (Å²) in [7, 11) is 0. The summed E-state index contributed by atoms with van der Waals surface area (Å²) in [6.45, 7) is -0.437. The van der Waals surface area contributed by atoms with Crippen LogP contribution in [0.25, 0.3) is 0 Å². The molecule has 0 spiro atoms. The average molecular weight is 392 g/mol. The summed E-state index contributed by atoms with van der Waals surface area (Å²) in [5, 5.41) is 21.1. The molecule has 0 aliphatic rings. The van der Waals surface area contributed by atoms with E-state index in [1.807, 2.05) is 0 Å². The molecule has 0 unspecified atom stereocenters. The van der Waals surface area contributed by atoms with Crippen LogP contribution in [0, 0.1) is 0 Å². The number of carboxylic acid groups (broad SMARTS) is 1. The van der Waals surface area contributed by atoms with Crippen molar-refractivity contribution in [1.29, 1.82) is 0 Å². The van der Waals surface area contributed by atoms with Crippen molar-refractivity contribution in [3.8, 4) is 5.75 Å². The summed E-state index contributed by atoms with van der Waals surface area (Å²) in [5.74, 6) is -2.90. The molecule has 2 rings (SSSR count). The molecule has 0 aliphatic heterocycles. The number of carbonyl (C=O) groups is 3. The van der Waals surface area contributed by atoms with Crippen LogP contribution in [-0.2, 0) is 11.3 Å². The molecule has 0 heterocycles. The lowest BCUT2D eigenvalue weighted by Gasteiger charge is -2.21. The number of nitrogens with two attached hydrogens (primary N) is 2. The maximum absolute atomic E-state index is 12.4. The summed E-state index contributed by atoms with van der Waals surface area (Å²) in [5.41, 5.74) is 9.32. The number of carboxylic acids is 1. The molecule has 1 amide bonds. The van der Waals surface area contributed by atoms with Gasteiger partial charge in [-0.25, -0.2) is 4.79 Å². The summed E-state index contributed by atoms with van der Waals surface area (Å²) in [6, 6.07) is 10.2. The minimum Gasteiger partial charge on any atom is -0.508 e. The number of amides is 1. The number of aromatic hydroxyl groups is 1. The van der Waals surface area contributed by atoms with Crippen molar-refractivity contribution in [2.45, 2.75) is 12.1 Å². The van der Waals surface area contributed by atoms with Gasteiger partial charge in [0.2, 0.25) is 0 Å². The number of Topliss-reactive ketones (excluding diaryl/α,β-unsaturated/α-hetero) is 1. The van der Waals surface area contributed by atoms with E-state index in [1.54, 1.807) is 12.1 Å². The van der Waals surface area contributed by atoms with Crippen molar-refractivity contribution >= 4 is 29.3 Å². The number of hydrogen-bond donors (Lipinski definition) is 5. The number of carbonyl (C=O) groups excluding carboxylic acids is 2. The fraction of sp³-hybridized carbons (Fsp3) is 0.167. The van der Waals surface area contributed by atoms with Crippen LogP contribution in [0.15, 0.2) is 42.5 Å². The summed E-state index contributed by atoms with van der Waals surface area (Å²) < 4.78 is 0. The maximum Gasteiger partial charge on any atom is 0.333 e. The van der Waals surface area contributed by atoms with Crippen molar-refractivity contribution in [2.24, 2.45) is 11.5 Å². The Morgan fingerprint density at radius 3 is 2.41 bits per heavy atom. The van der Waals surface area contributed by atoms with Gasteiger partial charge in [0, 0.05) is 24.2 Å². The van der Waals surface area contributed by atoms with E-state index in [0.717, 1.165) is 0 Å². The smallest absolute Gasteiger partial charge is 0.333 e. The Morgan fingerprint density at radius 1 is 1.15 bits per heavy atom. The first-order valence-electron chi connectivity index (χ1n) is 7.82. The molecule has 0 bridgehead atoms. The van der Waals surface area contributed by atoms with Crippen LogP contribution in [0.5, 0.6) is 5.75 Å². The molecule has 2 aromatic carbocycles. The fourth-order valence-corrected chi connectivity index (χ4v) is 2.58. The second-order valence-corrected chi connectivity index (χ2v) is 6.26. The standard InChI is InChI=1S/C18H18ClN3O5/c19-14-7-11(16(25)22-8-10-2-1-3-12(23)6-10)4-5-13(14)15(24)18(21,9-20)17(26)27/h1-7,23H,8-9,20-21H2,(H,22,25)(H,26,27)/t18-/m1/s1. The van der Waals surface area contributed by atoms with Crippen LogP contribution in [-0.4, -0.2) is 40.0 Å². The van der Waals surface area contributed by atoms with E-state index in [9.17, 15) is 19.5 Å². The topological polar surface area (TPSA) is 156 Å². The molecule has 1 atom stereocenters. The number of aliphatic carboxylic acids is 1. The Hall–Kier alpha value is -2.94. The molecule has 9 heteroatoms. The lowest BCUT2D eigenvalue weighted by molar-refractivity contribution is -0.141. The molecule has 0 saturated carbocycles. The molecule has 0 aliphatic carbocycles. The zero-order valence-corrected chi connectivity index (χ0v) is 14.9. The summed E-state index contributed by atoms with van der Waals surface area (Å²) >= 11 is 6.05. The van der Waals surface area contributed by atoms with Gasteiger partial charge in [-0.1, -0.05) is 23.7 Å². The normalized spacial score (nSPS) is 12.9. The molecule has 27 heavy (non-hydrogen) atoms. The lowest BCUT2D eigenvalue weighted by atomic mass is 9.90. The van der Waals surface area contributed by atoms with E-state index in [-0.39, 0.29) is 28.4 Å². The number of benzene rings is 2. The zero-order valence-electron chi connectivity index (χ0n) is 14.1. The molecule has 2 aromatic rings. The third-order valence-electron chi connectivity index (χ3n) is 3.95. The van der Waals surface area contributed by atoms with Gasteiger partial charge in [-0.15, -0.1) is 0 Å². The number of ketones is 1. The van der Waals surface area contributed by atoms with Gasteiger partial charge >= 0.3 is 5.97 Å². The third kappa shape index (κ3) is 4.43. The molecule has 142 valence electrons. The molecule has 0 saturated heterocycles. The van der Waals surface area contributed by atoms with Crippen LogP contribution in [0.1, 0.15) is 26.3 Å². The number of phenols is 1. The van der Waals surface area contributed by atoms with Crippen molar-refractivity contribution < 1.29 is 24.6 Å². The number of phenolic OH excluding ortho intramolecular Hbond substituents is 1. The quantitative estimate of drug-likeness (QED) is 0.346. The van der Waals surface area contributed by atoms with Gasteiger partial charge in [-0.3, -0.25) is 9.59 Å². The van der Waals surface area contributed by atoms with E-state index in [4.69, 9.17) is 28.2 Å². The zero-order chi connectivity index (χ0) is 20.2. The van der Waals surface area contributed by atoms with Crippen LogP contribution in [0.4, 0.5) is 0 Å². The maximum atomic E-state index is 12.4. The van der Waals surface area contributed by atoms with Gasteiger partial charge in [0.1, 0.15) is 5.75 Å². The number of rotatable bonds is 7. The molecule has 0 fully saturated rings. The first-order valence-corrected chi connectivity index (χ1v) is 8.19. The predicted molar refractivity (Wildman–Crippen MR) is 98.7 cm³/mol. The SMILES string of the molecule is NC[C@](N)(C(=O)O)C(=O)c1ccc(C(=O)NCc2cccc(O)c2)cc1Cl. The van der Waals surface area contributed by atoms with E-state index < -0.39 is 29.7 Å². The molecule has 0 aromatic heterocycles. The van der Waals surface area contributed by atoms with E-state index >= 15 is 0 Å². The first-order chi connectivity index (χ1) is 12.7. The highest BCUT2D eigenvalue weighted by atomic mass is 35.5. The van der Waals surface area contributed by atoms with E-state index in [0.29, 0.717) is 5.56 Å². The minimum absolute atomic E-state index is 0.0799. The molecular weight excluding hydrogens is 374 g/mol. The number of hydrogen-bond acceptors (Lipinski definition) is 6. The Labute approximate surface area is 159 Å². The van der Waals surface area contributed by atoms with E-state index in [2.05, 4.69) is 5.32 Å². The van der Waals surface area contributed by atoms with Gasteiger partial charge in [0.25, 0.3) is 5.91 Å². The Kier molecular flexibility index (Phi) is 6.17. The van der Waals surface area contributed by atoms with Crippen LogP contribution >= 0.6 is 11.6 Å². The Morgan fingerprint density at radius 2 is 1.85 bits per heavy atom. The summed E-state index contributed by atoms with van der Waals surface area (Å²) in [4.78, 5) is 35.9. The van der Waals surface area contributed by atoms with Crippen LogP contribution in [0.3, 0.4) is 0 Å². The fourth-order valence-electron chi connectivity index (χ4n) is 2.31. The second kappa shape index (κ2) is 8.17. The number of halogens is 1. The highest BCUT2D eigenvalue weighted by molar-refractivity contribution is 6.35. The van der Waals surface area contributed by atoms with Gasteiger partial charge in [0.15, 0.2) is 11.3 Å². The minimum atomic E-state index is -2.30. The predicted octanol–water partition coefficient (Wildman–Crippen LogP) is 0.899. The van der Waals surface area contributed by atoms with Gasteiger partial charge in [-0.2, -0.15) is 0 Å². The average Bonchev–Trinajstić information content (AvgIpc) is 2.64. The van der Waals surface area contributed by atoms with Crippen molar-refractivity contribution in [3.05, 3.63) is 64.2 Å². The molecule has 8 nitrogen and oxygen atoms in total. The third-order valence-corrected chi connectivity index (χ3v) is 4.26. The monoisotopic (exact) mass is 391 g/mol.